The first-order valence-corrected chi connectivity index (χ1v) is 6.42. The van der Waals surface area contributed by atoms with E-state index < -0.39 is 0 Å². The molecule has 0 aliphatic carbocycles. The van der Waals surface area contributed by atoms with Crippen LogP contribution in [0.2, 0.25) is 0 Å². The third-order valence-electron chi connectivity index (χ3n) is 3.01. The average Bonchev–Trinajstić information content (AvgIpc) is 2.98. The van der Waals surface area contributed by atoms with Crippen molar-refractivity contribution >= 4 is 11.5 Å². The number of hydrazone groups is 1. The lowest BCUT2D eigenvalue weighted by molar-refractivity contribution is 0.229. The van der Waals surface area contributed by atoms with Crippen LogP contribution in [0, 0.1) is 0 Å². The molecule has 1 aliphatic heterocycles. The summed E-state index contributed by atoms with van der Waals surface area (Å²) in [6, 6.07) is 19.6. The molecule has 1 heterocycles. The lowest BCUT2D eigenvalue weighted by atomic mass is 10.2. The second kappa shape index (κ2) is 5.96. The van der Waals surface area contributed by atoms with Crippen molar-refractivity contribution in [3.8, 4) is 0 Å². The van der Waals surface area contributed by atoms with Crippen LogP contribution in [-0.2, 0) is 0 Å². The predicted octanol–water partition coefficient (Wildman–Crippen LogP) is 2.86. The van der Waals surface area contributed by atoms with Crippen LogP contribution in [-0.4, -0.2) is 17.6 Å². The van der Waals surface area contributed by atoms with Gasteiger partial charge in [-0.25, -0.2) is 10.5 Å². The largest absolute Gasteiger partial charge is 0.236 e. The molecule has 104 valence electrons. The van der Waals surface area contributed by atoms with Crippen LogP contribution in [0.25, 0.3) is 10.4 Å². The summed E-state index contributed by atoms with van der Waals surface area (Å²) in [4.78, 5) is 2.79. The number of amidine groups is 1. The van der Waals surface area contributed by atoms with Crippen LogP contribution >= 0.6 is 0 Å². The summed E-state index contributed by atoms with van der Waals surface area (Å²) in [7, 11) is 0. The van der Waals surface area contributed by atoms with E-state index in [1.54, 1.807) is 5.12 Å². The second-order valence-corrected chi connectivity index (χ2v) is 4.32. The van der Waals surface area contributed by atoms with Crippen LogP contribution in [0.4, 0.5) is 5.69 Å². The number of nitrogens with one attached hydrogen (secondary N) is 1. The van der Waals surface area contributed by atoms with E-state index in [1.807, 2.05) is 65.7 Å². The van der Waals surface area contributed by atoms with Crippen molar-refractivity contribution < 1.29 is 0 Å². The highest BCUT2D eigenvalue weighted by Crippen LogP contribution is 2.22. The van der Waals surface area contributed by atoms with Gasteiger partial charge in [-0.05, 0) is 17.7 Å². The molecule has 0 aromatic heterocycles. The highest BCUT2D eigenvalue weighted by atomic mass is 15.9. The highest BCUT2D eigenvalue weighted by molar-refractivity contribution is 6.09. The zero-order chi connectivity index (χ0) is 14.5. The standard InChI is InChI=1S/C14H13N7/c15-18-16-11-20-19-17-14(12-7-3-1-4-8-12)21(20)13-9-5-2-6-10-13/h1-10,19H,11H2. The van der Waals surface area contributed by atoms with Gasteiger partial charge in [0.2, 0.25) is 0 Å². The highest BCUT2D eigenvalue weighted by Gasteiger charge is 2.27. The maximum Gasteiger partial charge on any atom is 0.177 e. The molecule has 3 rings (SSSR count). The average molecular weight is 279 g/mol. The smallest absolute Gasteiger partial charge is 0.177 e. The van der Waals surface area contributed by atoms with Gasteiger partial charge in [-0.2, -0.15) is 0 Å². The molecule has 7 heteroatoms. The van der Waals surface area contributed by atoms with Gasteiger partial charge in [-0.15, -0.1) is 10.2 Å². The zero-order valence-corrected chi connectivity index (χ0v) is 11.2. The Morgan fingerprint density at radius 2 is 1.71 bits per heavy atom. The summed E-state index contributed by atoms with van der Waals surface area (Å²) in [6.07, 6.45) is 0. The van der Waals surface area contributed by atoms with Crippen molar-refractivity contribution in [3.05, 3.63) is 76.7 Å². The number of hydrazine groups is 2. The number of rotatable bonds is 4. The summed E-state index contributed by atoms with van der Waals surface area (Å²) in [6.45, 7) is 0.130. The minimum atomic E-state index is 0.130. The fourth-order valence-electron chi connectivity index (χ4n) is 2.10. The van der Waals surface area contributed by atoms with Gasteiger partial charge in [0.1, 0.15) is 6.67 Å². The van der Waals surface area contributed by atoms with Crippen molar-refractivity contribution in [2.24, 2.45) is 10.2 Å². The monoisotopic (exact) mass is 279 g/mol. The number of azide groups is 1. The van der Waals surface area contributed by atoms with Crippen LogP contribution in [0.1, 0.15) is 5.56 Å². The zero-order valence-electron chi connectivity index (χ0n) is 11.2. The molecular formula is C14H13N7. The second-order valence-electron chi connectivity index (χ2n) is 4.32. The number of benzene rings is 2. The van der Waals surface area contributed by atoms with Gasteiger partial charge in [-0.3, -0.25) is 0 Å². The molecule has 0 saturated heterocycles. The van der Waals surface area contributed by atoms with Crippen molar-refractivity contribution in [2.45, 2.75) is 0 Å². The van der Waals surface area contributed by atoms with Crippen LogP contribution in [0.3, 0.4) is 0 Å². The van der Waals surface area contributed by atoms with Gasteiger partial charge in [0.05, 0.1) is 5.69 Å². The molecular weight excluding hydrogens is 266 g/mol. The molecule has 0 amide bonds. The van der Waals surface area contributed by atoms with Crippen LogP contribution < -0.4 is 10.5 Å². The molecule has 0 bridgehead atoms. The normalized spacial score (nSPS) is 14.3. The SMILES string of the molecule is [N-]=[N+]=NCN1NN=C(c2ccccc2)N1c1ccccc1. The first kappa shape index (κ1) is 13.0. The van der Waals surface area contributed by atoms with E-state index in [2.05, 4.69) is 20.7 Å². The summed E-state index contributed by atoms with van der Waals surface area (Å²) >= 11 is 0. The number of para-hydroxylation sites is 1. The molecule has 21 heavy (non-hydrogen) atoms. The van der Waals surface area contributed by atoms with Gasteiger partial charge in [0, 0.05) is 10.5 Å². The van der Waals surface area contributed by atoms with Gasteiger partial charge >= 0.3 is 0 Å². The molecule has 0 atom stereocenters. The third-order valence-corrected chi connectivity index (χ3v) is 3.01. The lowest BCUT2D eigenvalue weighted by Gasteiger charge is -2.28. The Balaban J connectivity index is 1.98. The fourth-order valence-corrected chi connectivity index (χ4v) is 2.10. The predicted molar refractivity (Wildman–Crippen MR) is 80.9 cm³/mol. The molecule has 0 radical (unpaired) electrons. The minimum Gasteiger partial charge on any atom is -0.236 e. The Kier molecular flexibility index (Phi) is 3.68. The molecule has 0 saturated carbocycles. The van der Waals surface area contributed by atoms with Gasteiger partial charge in [-0.1, -0.05) is 53.6 Å². The lowest BCUT2D eigenvalue weighted by Crippen LogP contribution is -2.46. The number of hydrogen-bond donors (Lipinski definition) is 1. The van der Waals surface area contributed by atoms with Crippen LogP contribution in [0.15, 0.2) is 70.9 Å². The molecule has 1 N–H and O–H groups in total. The van der Waals surface area contributed by atoms with Crippen LogP contribution in [0.5, 0.6) is 0 Å². The first-order chi connectivity index (χ1) is 10.4. The summed E-state index contributed by atoms with van der Waals surface area (Å²) in [5, 5.41) is 11.4. The van der Waals surface area contributed by atoms with Gasteiger partial charge < -0.3 is 0 Å². The van der Waals surface area contributed by atoms with Gasteiger partial charge in [0.15, 0.2) is 5.84 Å². The van der Waals surface area contributed by atoms with E-state index in [0.29, 0.717) is 0 Å². The van der Waals surface area contributed by atoms with Gasteiger partial charge in [0.25, 0.3) is 0 Å². The first-order valence-electron chi connectivity index (χ1n) is 6.42. The Morgan fingerprint density at radius 1 is 1.05 bits per heavy atom. The molecule has 2 aromatic carbocycles. The summed E-state index contributed by atoms with van der Waals surface area (Å²) < 4.78 is 0. The summed E-state index contributed by atoms with van der Waals surface area (Å²) in [5.41, 5.74) is 13.3. The third kappa shape index (κ3) is 2.64. The van der Waals surface area contributed by atoms with Crippen molar-refractivity contribution in [1.82, 2.24) is 10.7 Å². The van der Waals surface area contributed by atoms with Crippen molar-refractivity contribution in [2.75, 3.05) is 11.7 Å². The summed E-state index contributed by atoms with van der Waals surface area (Å²) in [5.74, 6) is 0.745. The number of hydrogen-bond acceptors (Lipinski definition) is 5. The van der Waals surface area contributed by atoms with E-state index in [1.165, 1.54) is 0 Å². The molecule has 0 spiro atoms. The fraction of sp³-hybridized carbons (Fsp3) is 0.0714. The molecule has 0 fully saturated rings. The molecule has 1 aliphatic rings. The maximum absolute atomic E-state index is 8.51. The number of anilines is 1. The van der Waals surface area contributed by atoms with E-state index in [4.69, 9.17) is 5.53 Å². The van der Waals surface area contributed by atoms with E-state index in [9.17, 15) is 0 Å². The Bertz CT molecular complexity index is 677. The Hall–Kier alpha value is -3.02. The Labute approximate surface area is 121 Å². The van der Waals surface area contributed by atoms with Crippen molar-refractivity contribution in [1.29, 1.82) is 0 Å². The van der Waals surface area contributed by atoms with E-state index >= 15 is 0 Å². The Morgan fingerprint density at radius 3 is 2.38 bits per heavy atom. The minimum absolute atomic E-state index is 0.130. The number of nitrogens with zero attached hydrogens (tertiary/aromatic N) is 6. The van der Waals surface area contributed by atoms with E-state index in [-0.39, 0.29) is 6.67 Å². The maximum atomic E-state index is 8.51. The molecule has 0 unspecified atom stereocenters. The van der Waals surface area contributed by atoms with Crippen molar-refractivity contribution in [3.63, 3.8) is 0 Å². The molecule has 7 nitrogen and oxygen atoms in total. The quantitative estimate of drug-likeness (QED) is 0.531. The molecule has 2 aromatic rings. The topological polar surface area (TPSA) is 79.6 Å². The van der Waals surface area contributed by atoms with E-state index in [0.717, 1.165) is 17.1 Å².